The fourth-order valence-electron chi connectivity index (χ4n) is 1.53. The first-order chi connectivity index (χ1) is 8.16. The monoisotopic (exact) mass is 265 g/mol. The van der Waals surface area contributed by atoms with Crippen LogP contribution in [0.3, 0.4) is 0 Å². The van der Waals surface area contributed by atoms with Crippen LogP contribution in [0, 0.1) is 0 Å². The summed E-state index contributed by atoms with van der Waals surface area (Å²) in [5.74, 6) is -0.0850. The normalized spacial score (nSPS) is 12.1. The molecule has 1 aromatic carbocycles. The molecule has 0 bridgehead atoms. The molecule has 1 aromatic heterocycles. The van der Waals surface area contributed by atoms with Crippen molar-refractivity contribution in [2.45, 2.75) is 13.0 Å². The number of halogens is 1. The minimum absolute atomic E-state index is 0.00965. The minimum Gasteiger partial charge on any atom is -0.345 e. The Morgan fingerprint density at radius 1 is 1.24 bits per heavy atom. The number of amides is 1. The molecule has 0 fully saturated rings. The van der Waals surface area contributed by atoms with Gasteiger partial charge in [-0.1, -0.05) is 41.9 Å². The van der Waals surface area contributed by atoms with Crippen molar-refractivity contribution in [1.82, 2.24) is 5.32 Å². The van der Waals surface area contributed by atoms with Gasteiger partial charge in [-0.2, -0.15) is 0 Å². The smallest absolute Gasteiger partial charge is 0.261 e. The highest BCUT2D eigenvalue weighted by Gasteiger charge is 2.12. The van der Waals surface area contributed by atoms with Crippen LogP contribution in [-0.4, -0.2) is 5.91 Å². The van der Waals surface area contributed by atoms with Crippen LogP contribution < -0.4 is 5.32 Å². The largest absolute Gasteiger partial charge is 0.345 e. The van der Waals surface area contributed by atoms with Gasteiger partial charge in [0.1, 0.15) is 0 Å². The van der Waals surface area contributed by atoms with Gasteiger partial charge in [-0.05, 0) is 24.6 Å². The maximum Gasteiger partial charge on any atom is 0.261 e. The lowest BCUT2D eigenvalue weighted by Crippen LogP contribution is -2.25. The van der Waals surface area contributed by atoms with E-state index in [0.29, 0.717) is 9.21 Å². The second-order valence-corrected chi connectivity index (χ2v) is 5.42. The highest BCUT2D eigenvalue weighted by atomic mass is 35.5. The van der Waals surface area contributed by atoms with E-state index in [1.54, 1.807) is 12.1 Å². The molecule has 17 heavy (non-hydrogen) atoms. The fourth-order valence-corrected chi connectivity index (χ4v) is 2.48. The summed E-state index contributed by atoms with van der Waals surface area (Å²) >= 11 is 7.08. The molecule has 1 atom stereocenters. The number of carbonyl (C=O) groups excluding carboxylic acids is 1. The van der Waals surface area contributed by atoms with E-state index >= 15 is 0 Å². The summed E-state index contributed by atoms with van der Waals surface area (Å²) in [6.07, 6.45) is 0. The summed E-state index contributed by atoms with van der Waals surface area (Å²) in [6, 6.07) is 13.3. The highest BCUT2D eigenvalue weighted by molar-refractivity contribution is 7.17. The lowest BCUT2D eigenvalue weighted by Gasteiger charge is -2.13. The van der Waals surface area contributed by atoms with E-state index in [4.69, 9.17) is 11.6 Å². The van der Waals surface area contributed by atoms with Crippen LogP contribution in [0.15, 0.2) is 42.5 Å². The molecule has 0 aliphatic rings. The molecule has 2 rings (SSSR count). The Labute approximate surface area is 109 Å². The molecule has 4 heteroatoms. The van der Waals surface area contributed by atoms with Crippen molar-refractivity contribution < 1.29 is 4.79 Å². The Bertz CT molecular complexity index is 509. The maximum absolute atomic E-state index is 11.9. The van der Waals surface area contributed by atoms with Gasteiger partial charge in [-0.3, -0.25) is 4.79 Å². The average Bonchev–Trinajstić information content (AvgIpc) is 2.77. The molecule has 1 heterocycles. The van der Waals surface area contributed by atoms with Gasteiger partial charge >= 0.3 is 0 Å². The zero-order chi connectivity index (χ0) is 12.3. The molecule has 1 amide bonds. The third-order valence-corrected chi connectivity index (χ3v) is 3.67. The zero-order valence-electron chi connectivity index (χ0n) is 9.31. The van der Waals surface area contributed by atoms with E-state index in [9.17, 15) is 4.79 Å². The van der Waals surface area contributed by atoms with Crippen molar-refractivity contribution in [3.05, 3.63) is 57.2 Å². The van der Waals surface area contributed by atoms with Gasteiger partial charge in [0.15, 0.2) is 0 Å². The summed E-state index contributed by atoms with van der Waals surface area (Å²) in [5.41, 5.74) is 1.09. The third kappa shape index (κ3) is 3.08. The summed E-state index contributed by atoms with van der Waals surface area (Å²) in [7, 11) is 0. The molecule has 0 aliphatic carbocycles. The topological polar surface area (TPSA) is 29.1 Å². The van der Waals surface area contributed by atoms with Crippen LogP contribution in [-0.2, 0) is 0 Å². The van der Waals surface area contributed by atoms with E-state index in [1.807, 2.05) is 37.3 Å². The SMILES string of the molecule is CC(NC(=O)c1ccc(Cl)s1)c1ccccc1. The first-order valence-corrected chi connectivity index (χ1v) is 6.47. The molecule has 2 aromatic rings. The van der Waals surface area contributed by atoms with Crippen molar-refractivity contribution >= 4 is 28.8 Å². The van der Waals surface area contributed by atoms with Crippen LogP contribution in [0.4, 0.5) is 0 Å². The molecule has 0 saturated carbocycles. The minimum atomic E-state index is -0.0850. The summed E-state index contributed by atoms with van der Waals surface area (Å²) in [4.78, 5) is 12.5. The average molecular weight is 266 g/mol. The summed E-state index contributed by atoms with van der Waals surface area (Å²) in [5, 5.41) is 2.94. The molecule has 2 nitrogen and oxygen atoms in total. The second kappa shape index (κ2) is 5.34. The number of rotatable bonds is 3. The van der Waals surface area contributed by atoms with E-state index < -0.39 is 0 Å². The van der Waals surface area contributed by atoms with Gasteiger partial charge in [0.2, 0.25) is 0 Å². The zero-order valence-corrected chi connectivity index (χ0v) is 10.9. The Kier molecular flexibility index (Phi) is 3.82. The second-order valence-electron chi connectivity index (χ2n) is 3.71. The third-order valence-electron chi connectivity index (χ3n) is 2.44. The predicted octanol–water partition coefficient (Wildman–Crippen LogP) is 3.89. The number of hydrogen-bond acceptors (Lipinski definition) is 2. The van der Waals surface area contributed by atoms with Gasteiger partial charge in [0.25, 0.3) is 5.91 Å². The molecule has 1 unspecified atom stereocenters. The van der Waals surface area contributed by atoms with Crippen molar-refractivity contribution in [3.8, 4) is 0 Å². The molecule has 0 aliphatic heterocycles. The van der Waals surface area contributed by atoms with Gasteiger partial charge < -0.3 is 5.32 Å². The number of benzene rings is 1. The van der Waals surface area contributed by atoms with E-state index in [1.165, 1.54) is 11.3 Å². The quantitative estimate of drug-likeness (QED) is 0.896. The van der Waals surface area contributed by atoms with Crippen molar-refractivity contribution in [3.63, 3.8) is 0 Å². The lowest BCUT2D eigenvalue weighted by molar-refractivity contribution is 0.0944. The molecule has 88 valence electrons. The van der Waals surface area contributed by atoms with Crippen molar-refractivity contribution in [2.75, 3.05) is 0 Å². The van der Waals surface area contributed by atoms with Gasteiger partial charge in [-0.15, -0.1) is 11.3 Å². The first-order valence-electron chi connectivity index (χ1n) is 5.28. The van der Waals surface area contributed by atoms with Gasteiger partial charge in [0, 0.05) is 0 Å². The molecular formula is C13H12ClNOS. The predicted molar refractivity (Wildman–Crippen MR) is 71.7 cm³/mol. The number of thiophene rings is 1. The van der Waals surface area contributed by atoms with Gasteiger partial charge in [-0.25, -0.2) is 0 Å². The van der Waals surface area contributed by atoms with Gasteiger partial charge in [0.05, 0.1) is 15.3 Å². The highest BCUT2D eigenvalue weighted by Crippen LogP contribution is 2.22. The van der Waals surface area contributed by atoms with Crippen LogP contribution in [0.1, 0.15) is 28.2 Å². The molecule has 0 spiro atoms. The number of hydrogen-bond donors (Lipinski definition) is 1. The standard InChI is InChI=1S/C13H12ClNOS/c1-9(10-5-3-2-4-6-10)15-13(16)11-7-8-12(14)17-11/h2-9H,1H3,(H,15,16). The first kappa shape index (κ1) is 12.1. The molecular weight excluding hydrogens is 254 g/mol. The fraction of sp³-hybridized carbons (Fsp3) is 0.154. The van der Waals surface area contributed by atoms with E-state index in [-0.39, 0.29) is 11.9 Å². The summed E-state index contributed by atoms with van der Waals surface area (Å²) < 4.78 is 0.627. The van der Waals surface area contributed by atoms with Crippen LogP contribution in [0.5, 0.6) is 0 Å². The lowest BCUT2D eigenvalue weighted by atomic mass is 10.1. The van der Waals surface area contributed by atoms with Crippen LogP contribution in [0.25, 0.3) is 0 Å². The molecule has 1 N–H and O–H groups in total. The van der Waals surface area contributed by atoms with Crippen molar-refractivity contribution in [2.24, 2.45) is 0 Å². The molecule has 0 radical (unpaired) electrons. The molecule has 0 saturated heterocycles. The maximum atomic E-state index is 11.9. The Morgan fingerprint density at radius 3 is 2.53 bits per heavy atom. The number of carbonyl (C=O) groups is 1. The Morgan fingerprint density at radius 2 is 1.94 bits per heavy atom. The van der Waals surface area contributed by atoms with Crippen LogP contribution >= 0.6 is 22.9 Å². The van der Waals surface area contributed by atoms with E-state index in [2.05, 4.69) is 5.32 Å². The Balaban J connectivity index is 2.04. The Hall–Kier alpha value is -1.32. The van der Waals surface area contributed by atoms with Crippen LogP contribution in [0.2, 0.25) is 4.34 Å². The number of nitrogens with one attached hydrogen (secondary N) is 1. The summed E-state index contributed by atoms with van der Waals surface area (Å²) in [6.45, 7) is 1.96. The van der Waals surface area contributed by atoms with Crippen molar-refractivity contribution in [1.29, 1.82) is 0 Å². The van der Waals surface area contributed by atoms with E-state index in [0.717, 1.165) is 5.56 Å².